The number of aromatic carboxylic acids is 1. The number of anilines is 1. The Morgan fingerprint density at radius 2 is 1.60 bits per heavy atom. The number of nitrogens with zero attached hydrogens (tertiary/aromatic N) is 2. The number of carbonyl (C=O) groups is 2. The molecule has 1 amide bonds. The maximum absolute atomic E-state index is 13.5. The first-order valence-electron chi connectivity index (χ1n) is 10.8. The highest BCUT2D eigenvalue weighted by molar-refractivity contribution is 7.16. The topological polar surface area (TPSA) is 81.4 Å². The Bertz CT molecular complexity index is 1520. The second-order valence-electron chi connectivity index (χ2n) is 7.88. The Labute approximate surface area is 206 Å². The first-order chi connectivity index (χ1) is 17.0. The Morgan fingerprint density at radius 1 is 0.886 bits per heavy atom. The van der Waals surface area contributed by atoms with Crippen molar-refractivity contribution in [1.29, 1.82) is 5.26 Å². The minimum Gasteiger partial charge on any atom is -0.478 e. The smallest absolute Gasteiger partial charge is 0.335 e. The molecule has 0 spiro atoms. The predicted molar refractivity (Wildman–Crippen MR) is 138 cm³/mol. The van der Waals surface area contributed by atoms with Gasteiger partial charge in [0, 0.05) is 21.0 Å². The number of hydrogen-bond donors (Lipinski definition) is 1. The van der Waals surface area contributed by atoms with Gasteiger partial charge in [-0.3, -0.25) is 9.69 Å². The zero-order valence-corrected chi connectivity index (χ0v) is 19.2. The lowest BCUT2D eigenvalue weighted by Crippen LogP contribution is -2.25. The second kappa shape index (κ2) is 9.26. The molecule has 6 heteroatoms. The van der Waals surface area contributed by atoms with Gasteiger partial charge in [0.2, 0.25) is 0 Å². The van der Waals surface area contributed by atoms with Crippen molar-refractivity contribution in [2.24, 2.45) is 0 Å². The van der Waals surface area contributed by atoms with Crippen molar-refractivity contribution in [3.63, 3.8) is 0 Å². The molecule has 1 aliphatic rings. The van der Waals surface area contributed by atoms with E-state index in [1.807, 2.05) is 66.7 Å². The molecule has 168 valence electrons. The summed E-state index contributed by atoms with van der Waals surface area (Å²) >= 11 is 1.56. The maximum atomic E-state index is 13.5. The van der Waals surface area contributed by atoms with Crippen molar-refractivity contribution in [3.05, 3.63) is 124 Å². The van der Waals surface area contributed by atoms with Gasteiger partial charge in [0.05, 0.1) is 22.9 Å². The molecule has 3 aromatic carbocycles. The summed E-state index contributed by atoms with van der Waals surface area (Å²) in [5.74, 6) is -1.19. The van der Waals surface area contributed by atoms with Crippen molar-refractivity contribution in [3.8, 4) is 16.5 Å². The van der Waals surface area contributed by atoms with Crippen molar-refractivity contribution in [2.75, 3.05) is 4.90 Å². The molecule has 0 fully saturated rings. The van der Waals surface area contributed by atoms with Gasteiger partial charge in [0.25, 0.3) is 5.91 Å². The summed E-state index contributed by atoms with van der Waals surface area (Å²) in [6.45, 7) is 0. The van der Waals surface area contributed by atoms with Gasteiger partial charge in [-0.1, -0.05) is 42.5 Å². The van der Waals surface area contributed by atoms with E-state index in [0.29, 0.717) is 16.8 Å². The maximum Gasteiger partial charge on any atom is 0.335 e. The van der Waals surface area contributed by atoms with E-state index in [4.69, 9.17) is 5.26 Å². The van der Waals surface area contributed by atoms with Gasteiger partial charge in [-0.25, -0.2) is 4.79 Å². The van der Waals surface area contributed by atoms with Crippen LogP contribution in [0.3, 0.4) is 0 Å². The van der Waals surface area contributed by atoms with Crippen LogP contribution in [-0.2, 0) is 4.79 Å². The largest absolute Gasteiger partial charge is 0.478 e. The summed E-state index contributed by atoms with van der Waals surface area (Å²) < 4.78 is 0. The molecule has 0 unspecified atom stereocenters. The average Bonchev–Trinajstić information content (AvgIpc) is 3.49. The second-order valence-corrected chi connectivity index (χ2v) is 8.99. The van der Waals surface area contributed by atoms with Gasteiger partial charge in [-0.05, 0) is 71.8 Å². The normalized spacial score (nSPS) is 14.1. The minimum atomic E-state index is -1.01. The highest BCUT2D eigenvalue weighted by Crippen LogP contribution is 2.37. The Kier molecular flexibility index (Phi) is 5.84. The molecule has 4 aromatic rings. The molecule has 1 N–H and O–H groups in total. The third kappa shape index (κ3) is 4.41. The third-order valence-corrected chi connectivity index (χ3v) is 6.73. The molecule has 1 aromatic heterocycles. The molecular formula is C29H18N2O3S. The molecule has 0 bridgehead atoms. The highest BCUT2D eigenvalue weighted by atomic mass is 32.1. The first kappa shape index (κ1) is 22.1. The quantitative estimate of drug-likeness (QED) is 0.337. The van der Waals surface area contributed by atoms with E-state index < -0.39 is 5.97 Å². The predicted octanol–water partition coefficient (Wildman–Crippen LogP) is 6.46. The number of hydrogen-bond acceptors (Lipinski definition) is 4. The Morgan fingerprint density at radius 3 is 2.26 bits per heavy atom. The van der Waals surface area contributed by atoms with Crippen LogP contribution in [0.5, 0.6) is 0 Å². The van der Waals surface area contributed by atoms with E-state index in [1.165, 1.54) is 12.1 Å². The number of carboxylic acids is 1. The zero-order chi connectivity index (χ0) is 24.4. The van der Waals surface area contributed by atoms with Crippen LogP contribution < -0.4 is 4.90 Å². The van der Waals surface area contributed by atoms with E-state index in [1.54, 1.807) is 40.5 Å². The molecule has 0 radical (unpaired) electrons. The lowest BCUT2D eigenvalue weighted by Gasteiger charge is -2.21. The van der Waals surface area contributed by atoms with Gasteiger partial charge >= 0.3 is 5.97 Å². The molecule has 5 nitrogen and oxygen atoms in total. The van der Waals surface area contributed by atoms with Crippen LogP contribution in [0.4, 0.5) is 5.69 Å². The number of benzene rings is 3. The number of amides is 1. The van der Waals surface area contributed by atoms with Crippen molar-refractivity contribution < 1.29 is 14.7 Å². The lowest BCUT2D eigenvalue weighted by atomic mass is 10.1. The van der Waals surface area contributed by atoms with Crippen LogP contribution in [0.25, 0.3) is 22.2 Å². The molecule has 0 saturated carbocycles. The number of carbonyl (C=O) groups excluding carboxylic acids is 1. The van der Waals surface area contributed by atoms with E-state index in [-0.39, 0.29) is 11.5 Å². The van der Waals surface area contributed by atoms with Crippen molar-refractivity contribution >= 4 is 40.7 Å². The van der Waals surface area contributed by atoms with Crippen LogP contribution in [0.15, 0.2) is 103 Å². The number of rotatable bonds is 5. The van der Waals surface area contributed by atoms with E-state index in [2.05, 4.69) is 6.07 Å². The molecule has 1 aliphatic heterocycles. The van der Waals surface area contributed by atoms with Crippen LogP contribution in [-0.4, -0.2) is 17.0 Å². The van der Waals surface area contributed by atoms with Crippen LogP contribution >= 0.6 is 11.3 Å². The number of nitriles is 1. The summed E-state index contributed by atoms with van der Waals surface area (Å²) in [6.07, 6.45) is 3.73. The summed E-state index contributed by atoms with van der Waals surface area (Å²) in [5, 5.41) is 18.2. The van der Waals surface area contributed by atoms with Gasteiger partial charge < -0.3 is 5.11 Å². The molecule has 35 heavy (non-hydrogen) atoms. The Hall–Kier alpha value is -4.73. The minimum absolute atomic E-state index is 0.162. The first-order valence-corrected chi connectivity index (χ1v) is 11.6. The fraction of sp³-hybridized carbons (Fsp3) is 0. The van der Waals surface area contributed by atoms with E-state index >= 15 is 0 Å². The molecular weight excluding hydrogens is 456 g/mol. The molecule has 5 rings (SSSR count). The molecule has 0 atom stereocenters. The lowest BCUT2D eigenvalue weighted by molar-refractivity contribution is -0.113. The van der Waals surface area contributed by atoms with Crippen molar-refractivity contribution in [2.45, 2.75) is 0 Å². The van der Waals surface area contributed by atoms with E-state index in [9.17, 15) is 14.7 Å². The third-order valence-electron chi connectivity index (χ3n) is 5.65. The van der Waals surface area contributed by atoms with E-state index in [0.717, 1.165) is 26.6 Å². The zero-order valence-electron chi connectivity index (χ0n) is 18.4. The monoisotopic (exact) mass is 474 g/mol. The SMILES string of the molecule is N#Cc1ccc(-c2ccc(/C=C3\C=C(c4ccccc4)N(c4ccc(C(=O)O)cc4)C3=O)s2)cc1. The summed E-state index contributed by atoms with van der Waals surface area (Å²) in [4.78, 5) is 28.4. The van der Waals surface area contributed by atoms with Gasteiger partial charge in [-0.2, -0.15) is 5.26 Å². The van der Waals surface area contributed by atoms with Gasteiger partial charge in [0.15, 0.2) is 0 Å². The summed E-state index contributed by atoms with van der Waals surface area (Å²) in [6, 6.07) is 29.4. The summed E-state index contributed by atoms with van der Waals surface area (Å²) in [7, 11) is 0. The fourth-order valence-electron chi connectivity index (χ4n) is 3.89. The Balaban J connectivity index is 1.51. The average molecular weight is 475 g/mol. The van der Waals surface area contributed by atoms with Crippen LogP contribution in [0, 0.1) is 11.3 Å². The van der Waals surface area contributed by atoms with Crippen LogP contribution in [0.2, 0.25) is 0 Å². The standard InChI is InChI=1S/C29H18N2O3S/c30-18-19-6-8-21(9-7-19)27-15-14-25(35-27)16-23-17-26(20-4-2-1-3-5-20)31(28(23)32)24-12-10-22(11-13-24)29(33)34/h1-17H,(H,33,34)/b23-16+. The highest BCUT2D eigenvalue weighted by Gasteiger charge is 2.30. The molecule has 2 heterocycles. The van der Waals surface area contributed by atoms with Crippen LogP contribution in [0.1, 0.15) is 26.4 Å². The van der Waals surface area contributed by atoms with Gasteiger partial charge in [-0.15, -0.1) is 11.3 Å². The fourth-order valence-corrected chi connectivity index (χ4v) is 4.86. The molecule has 0 saturated heterocycles. The number of thiophene rings is 1. The van der Waals surface area contributed by atoms with Gasteiger partial charge in [0.1, 0.15) is 0 Å². The molecule has 0 aliphatic carbocycles. The van der Waals surface area contributed by atoms with Crippen molar-refractivity contribution in [1.82, 2.24) is 0 Å². The number of carboxylic acid groups (broad SMARTS) is 1. The summed E-state index contributed by atoms with van der Waals surface area (Å²) in [5.41, 5.74) is 4.54.